The van der Waals surface area contributed by atoms with E-state index in [1.807, 2.05) is 0 Å². The van der Waals surface area contributed by atoms with E-state index in [0.29, 0.717) is 22.9 Å². The Morgan fingerprint density at radius 3 is 2.56 bits per heavy atom. The smallest absolute Gasteiger partial charge is 0.175 e. The van der Waals surface area contributed by atoms with Gasteiger partial charge >= 0.3 is 0 Å². The predicted octanol–water partition coefficient (Wildman–Crippen LogP) is 2.02. The number of hydrogen-bond acceptors (Lipinski definition) is 3. The summed E-state index contributed by atoms with van der Waals surface area (Å²) in [6.45, 7) is 0.620. The summed E-state index contributed by atoms with van der Waals surface area (Å²) in [6, 6.07) is 4.88. The van der Waals surface area contributed by atoms with Gasteiger partial charge in [0.1, 0.15) is 0 Å². The van der Waals surface area contributed by atoms with Gasteiger partial charge in [-0.3, -0.25) is 0 Å². The lowest BCUT2D eigenvalue weighted by molar-refractivity contribution is 0.600. The normalized spacial score (nSPS) is 11.7. The van der Waals surface area contributed by atoms with Crippen LogP contribution in [0.1, 0.15) is 18.4 Å². The fourth-order valence-corrected chi connectivity index (χ4v) is 2.71. The quantitative estimate of drug-likeness (QED) is 0.825. The van der Waals surface area contributed by atoms with E-state index in [0.717, 1.165) is 18.4 Å². The van der Waals surface area contributed by atoms with Crippen molar-refractivity contribution >= 4 is 21.4 Å². The molecule has 16 heavy (non-hydrogen) atoms. The van der Waals surface area contributed by atoms with Crippen LogP contribution >= 0.6 is 11.6 Å². The fraction of sp³-hybridized carbons (Fsp3) is 0.455. The van der Waals surface area contributed by atoms with Gasteiger partial charge in [0.25, 0.3) is 0 Å². The lowest BCUT2D eigenvalue weighted by Crippen LogP contribution is -2.04. The molecule has 0 radical (unpaired) electrons. The van der Waals surface area contributed by atoms with Crippen LogP contribution in [-0.4, -0.2) is 21.2 Å². The summed E-state index contributed by atoms with van der Waals surface area (Å²) in [4.78, 5) is 0.369. The van der Waals surface area contributed by atoms with E-state index in [9.17, 15) is 8.42 Å². The molecular formula is C11H16ClNO2S. The third-order valence-electron chi connectivity index (χ3n) is 2.32. The van der Waals surface area contributed by atoms with Crippen LogP contribution in [0.15, 0.2) is 23.1 Å². The SMILES string of the molecule is CS(=O)(=O)c1ccc(Cl)cc1CCCCN. The number of aryl methyl sites for hydroxylation is 1. The van der Waals surface area contributed by atoms with E-state index in [4.69, 9.17) is 17.3 Å². The second kappa shape index (κ2) is 5.66. The molecule has 0 unspecified atom stereocenters. The van der Waals surface area contributed by atoms with Crippen LogP contribution in [0.4, 0.5) is 0 Å². The number of rotatable bonds is 5. The molecule has 0 aliphatic carbocycles. The molecule has 0 heterocycles. The first-order valence-electron chi connectivity index (χ1n) is 5.13. The summed E-state index contributed by atoms with van der Waals surface area (Å²) in [5.41, 5.74) is 6.18. The zero-order valence-corrected chi connectivity index (χ0v) is 10.8. The number of unbranched alkanes of at least 4 members (excludes halogenated alkanes) is 1. The zero-order chi connectivity index (χ0) is 12.2. The predicted molar refractivity (Wildman–Crippen MR) is 66.6 cm³/mol. The molecule has 5 heteroatoms. The molecule has 0 bridgehead atoms. The van der Waals surface area contributed by atoms with Gasteiger partial charge < -0.3 is 5.73 Å². The van der Waals surface area contributed by atoms with Crippen molar-refractivity contribution < 1.29 is 8.42 Å². The zero-order valence-electron chi connectivity index (χ0n) is 9.24. The van der Waals surface area contributed by atoms with Gasteiger partial charge in [-0.25, -0.2) is 8.42 Å². The van der Waals surface area contributed by atoms with Crippen molar-refractivity contribution in [2.75, 3.05) is 12.8 Å². The highest BCUT2D eigenvalue weighted by molar-refractivity contribution is 7.90. The third kappa shape index (κ3) is 3.77. The Hall–Kier alpha value is -0.580. The van der Waals surface area contributed by atoms with Gasteiger partial charge in [-0.2, -0.15) is 0 Å². The van der Waals surface area contributed by atoms with E-state index in [2.05, 4.69) is 0 Å². The number of nitrogens with two attached hydrogens (primary N) is 1. The second-order valence-electron chi connectivity index (χ2n) is 3.77. The Balaban J connectivity index is 3.00. The van der Waals surface area contributed by atoms with Gasteiger partial charge in [0.15, 0.2) is 9.84 Å². The lowest BCUT2D eigenvalue weighted by atomic mass is 10.1. The van der Waals surface area contributed by atoms with E-state index >= 15 is 0 Å². The minimum absolute atomic E-state index is 0.369. The summed E-state index contributed by atoms with van der Waals surface area (Å²) in [6.07, 6.45) is 3.66. The molecule has 0 aromatic heterocycles. The summed E-state index contributed by atoms with van der Waals surface area (Å²) < 4.78 is 23.1. The van der Waals surface area contributed by atoms with Crippen LogP contribution < -0.4 is 5.73 Å². The molecule has 0 aliphatic heterocycles. The van der Waals surface area contributed by atoms with Crippen LogP contribution in [0.2, 0.25) is 5.02 Å². The van der Waals surface area contributed by atoms with Crippen molar-refractivity contribution in [1.29, 1.82) is 0 Å². The molecule has 0 aliphatic rings. The summed E-state index contributed by atoms with van der Waals surface area (Å²) >= 11 is 5.86. The molecule has 2 N–H and O–H groups in total. The molecular weight excluding hydrogens is 246 g/mol. The molecule has 0 fully saturated rings. The Morgan fingerprint density at radius 1 is 1.31 bits per heavy atom. The largest absolute Gasteiger partial charge is 0.330 e. The third-order valence-corrected chi connectivity index (χ3v) is 3.75. The molecule has 1 rings (SSSR count). The van der Waals surface area contributed by atoms with Crippen molar-refractivity contribution in [1.82, 2.24) is 0 Å². The first kappa shape index (κ1) is 13.5. The van der Waals surface area contributed by atoms with Gasteiger partial charge in [-0.1, -0.05) is 11.6 Å². The Labute approximate surface area is 102 Å². The highest BCUT2D eigenvalue weighted by Crippen LogP contribution is 2.22. The molecule has 0 amide bonds. The van der Waals surface area contributed by atoms with Crippen LogP contribution in [0.3, 0.4) is 0 Å². The first-order valence-corrected chi connectivity index (χ1v) is 7.40. The van der Waals surface area contributed by atoms with E-state index < -0.39 is 9.84 Å². The van der Waals surface area contributed by atoms with Crippen molar-refractivity contribution in [3.05, 3.63) is 28.8 Å². The molecule has 90 valence electrons. The molecule has 1 aromatic carbocycles. The first-order chi connectivity index (χ1) is 7.45. The fourth-order valence-electron chi connectivity index (χ4n) is 1.56. The molecule has 1 aromatic rings. The van der Waals surface area contributed by atoms with Crippen molar-refractivity contribution in [2.45, 2.75) is 24.2 Å². The topological polar surface area (TPSA) is 60.2 Å². The average Bonchev–Trinajstić information content (AvgIpc) is 2.16. The summed E-state index contributed by atoms with van der Waals surface area (Å²) in [5, 5.41) is 0.565. The monoisotopic (exact) mass is 261 g/mol. The maximum absolute atomic E-state index is 11.5. The molecule has 0 saturated carbocycles. The maximum Gasteiger partial charge on any atom is 0.175 e. The standard InChI is InChI=1S/C11H16ClNO2S/c1-16(14,15)11-6-5-10(12)8-9(11)4-2-3-7-13/h5-6,8H,2-4,7,13H2,1H3. The van der Waals surface area contributed by atoms with Crippen LogP contribution in [0.5, 0.6) is 0 Å². The molecule has 0 atom stereocenters. The van der Waals surface area contributed by atoms with Gasteiger partial charge in [-0.05, 0) is 49.6 Å². The Kier molecular flexibility index (Phi) is 4.77. The van der Waals surface area contributed by atoms with E-state index in [1.165, 1.54) is 6.26 Å². The minimum Gasteiger partial charge on any atom is -0.330 e. The van der Waals surface area contributed by atoms with Crippen molar-refractivity contribution in [3.8, 4) is 0 Å². The van der Waals surface area contributed by atoms with Crippen LogP contribution in [-0.2, 0) is 16.3 Å². The van der Waals surface area contributed by atoms with Gasteiger partial charge in [0.2, 0.25) is 0 Å². The Bertz CT molecular complexity index is 457. The molecule has 0 spiro atoms. The highest BCUT2D eigenvalue weighted by Gasteiger charge is 2.12. The lowest BCUT2D eigenvalue weighted by Gasteiger charge is -2.08. The Morgan fingerprint density at radius 2 is 2.00 bits per heavy atom. The summed E-state index contributed by atoms with van der Waals surface area (Å²) in [7, 11) is -3.18. The summed E-state index contributed by atoms with van der Waals surface area (Å²) in [5.74, 6) is 0. The maximum atomic E-state index is 11.5. The average molecular weight is 262 g/mol. The number of benzene rings is 1. The highest BCUT2D eigenvalue weighted by atomic mass is 35.5. The number of halogens is 1. The number of hydrogen-bond donors (Lipinski definition) is 1. The minimum atomic E-state index is -3.18. The van der Waals surface area contributed by atoms with Gasteiger partial charge in [0, 0.05) is 11.3 Å². The number of sulfone groups is 1. The van der Waals surface area contributed by atoms with Crippen molar-refractivity contribution in [3.63, 3.8) is 0 Å². The van der Waals surface area contributed by atoms with Gasteiger partial charge in [0.05, 0.1) is 4.90 Å². The van der Waals surface area contributed by atoms with Crippen LogP contribution in [0.25, 0.3) is 0 Å². The van der Waals surface area contributed by atoms with E-state index in [1.54, 1.807) is 18.2 Å². The van der Waals surface area contributed by atoms with Crippen molar-refractivity contribution in [2.24, 2.45) is 5.73 Å². The van der Waals surface area contributed by atoms with Gasteiger partial charge in [-0.15, -0.1) is 0 Å². The van der Waals surface area contributed by atoms with Crippen LogP contribution in [0, 0.1) is 0 Å². The molecule has 0 saturated heterocycles. The second-order valence-corrected chi connectivity index (χ2v) is 6.19. The van der Waals surface area contributed by atoms with E-state index in [-0.39, 0.29) is 0 Å². The molecule has 3 nitrogen and oxygen atoms in total.